The summed E-state index contributed by atoms with van der Waals surface area (Å²) in [6.07, 6.45) is 7.52. The molecule has 0 aromatic rings. The van der Waals surface area contributed by atoms with Crippen molar-refractivity contribution in [3.63, 3.8) is 0 Å². The Hall–Kier alpha value is 0.370. The molecule has 1 aliphatic rings. The predicted octanol–water partition coefficient (Wildman–Crippen LogP) is 4.55. The van der Waals surface area contributed by atoms with Crippen molar-refractivity contribution < 1.29 is 0 Å². The molecule has 82 valence electrons. The smallest absolute Gasteiger partial charge is 0.0466 e. The van der Waals surface area contributed by atoms with E-state index >= 15 is 0 Å². The molecule has 0 saturated heterocycles. The zero-order chi connectivity index (χ0) is 10.6. The monoisotopic (exact) mass is 277 g/mol. The van der Waals surface area contributed by atoms with Crippen LogP contribution in [0.5, 0.6) is 0 Å². The molecule has 0 aromatic heterocycles. The third-order valence-corrected chi connectivity index (χ3v) is 4.76. The number of hydrogen-bond donors (Lipinski definition) is 0. The van der Waals surface area contributed by atoms with Crippen molar-refractivity contribution >= 4 is 27.9 Å². The summed E-state index contributed by atoms with van der Waals surface area (Å²) >= 11 is 5.46. The van der Waals surface area contributed by atoms with Gasteiger partial charge in [-0.15, -0.1) is 0 Å². The third-order valence-electron chi connectivity index (χ3n) is 2.59. The summed E-state index contributed by atoms with van der Waals surface area (Å²) in [7, 11) is 0. The molecule has 0 spiro atoms. The van der Waals surface area contributed by atoms with Gasteiger partial charge in [0.15, 0.2) is 0 Å². The van der Waals surface area contributed by atoms with Crippen molar-refractivity contribution in [3.8, 4) is 0 Å². The van der Waals surface area contributed by atoms with Gasteiger partial charge in [-0.2, -0.15) is 0 Å². The quantitative estimate of drug-likeness (QED) is 0.536. The molecule has 0 saturated carbocycles. The van der Waals surface area contributed by atoms with Gasteiger partial charge < -0.3 is 4.31 Å². The maximum atomic E-state index is 3.55. The molecule has 0 atom stereocenters. The van der Waals surface area contributed by atoms with Crippen LogP contribution in [0.15, 0.2) is 10.7 Å². The average Bonchev–Trinajstić information content (AvgIpc) is 2.53. The molecule has 1 rings (SSSR count). The molecular formula is C11H20BrNS. The first-order valence-electron chi connectivity index (χ1n) is 5.34. The Morgan fingerprint density at radius 2 is 2.21 bits per heavy atom. The second-order valence-electron chi connectivity index (χ2n) is 4.44. The van der Waals surface area contributed by atoms with E-state index < -0.39 is 0 Å². The van der Waals surface area contributed by atoms with Crippen LogP contribution in [0.25, 0.3) is 0 Å². The van der Waals surface area contributed by atoms with Crippen LogP contribution in [0.4, 0.5) is 0 Å². The summed E-state index contributed by atoms with van der Waals surface area (Å²) in [5, 5.41) is 0. The van der Waals surface area contributed by atoms with Crippen LogP contribution >= 0.6 is 27.9 Å². The Labute approximate surface area is 101 Å². The maximum Gasteiger partial charge on any atom is 0.0466 e. The molecule has 0 aliphatic carbocycles. The second-order valence-corrected chi connectivity index (χ2v) is 6.40. The van der Waals surface area contributed by atoms with Gasteiger partial charge in [-0.05, 0) is 32.2 Å². The lowest BCUT2D eigenvalue weighted by atomic mass is 9.97. The molecule has 1 nitrogen and oxygen atoms in total. The number of nitrogens with zero attached hydrogens (tertiary/aromatic N) is 1. The van der Waals surface area contributed by atoms with E-state index in [2.05, 4.69) is 47.2 Å². The Morgan fingerprint density at radius 1 is 1.50 bits per heavy atom. The summed E-state index contributed by atoms with van der Waals surface area (Å²) in [6, 6.07) is 0. The summed E-state index contributed by atoms with van der Waals surface area (Å²) in [5.41, 5.74) is 0.301. The molecule has 0 N–H and O–H groups in total. The van der Waals surface area contributed by atoms with Crippen LogP contribution in [-0.4, -0.2) is 15.6 Å². The van der Waals surface area contributed by atoms with E-state index in [-0.39, 0.29) is 0 Å². The highest BCUT2D eigenvalue weighted by Gasteiger charge is 2.27. The normalized spacial score (nSPS) is 17.4. The Kier molecular flexibility index (Phi) is 4.84. The topological polar surface area (TPSA) is 3.24 Å². The van der Waals surface area contributed by atoms with E-state index in [9.17, 15) is 0 Å². The van der Waals surface area contributed by atoms with E-state index in [1.165, 1.54) is 30.2 Å². The SMILES string of the molecule is CCCCCC(C)(C)N1C=C(Br)CS1. The van der Waals surface area contributed by atoms with Gasteiger partial charge in [0, 0.05) is 22.0 Å². The predicted molar refractivity (Wildman–Crippen MR) is 69.5 cm³/mol. The first-order valence-corrected chi connectivity index (χ1v) is 7.08. The Bertz CT molecular complexity index is 213. The van der Waals surface area contributed by atoms with Gasteiger partial charge in [-0.25, -0.2) is 0 Å². The van der Waals surface area contributed by atoms with Crippen molar-refractivity contribution in [2.45, 2.75) is 52.0 Å². The molecule has 0 radical (unpaired) electrons. The minimum Gasteiger partial charge on any atom is -0.317 e. The van der Waals surface area contributed by atoms with Crippen LogP contribution in [0.2, 0.25) is 0 Å². The second kappa shape index (κ2) is 5.45. The van der Waals surface area contributed by atoms with E-state index in [0.29, 0.717) is 5.54 Å². The number of unbranched alkanes of at least 4 members (excludes halogenated alkanes) is 2. The van der Waals surface area contributed by atoms with Gasteiger partial charge in [0.1, 0.15) is 0 Å². The lowest BCUT2D eigenvalue weighted by Gasteiger charge is -2.34. The largest absolute Gasteiger partial charge is 0.317 e. The molecule has 1 aliphatic heterocycles. The lowest BCUT2D eigenvalue weighted by Crippen LogP contribution is -2.34. The fourth-order valence-electron chi connectivity index (χ4n) is 1.60. The zero-order valence-electron chi connectivity index (χ0n) is 9.35. The summed E-state index contributed by atoms with van der Waals surface area (Å²) in [6.45, 7) is 6.92. The molecule has 0 unspecified atom stereocenters. The van der Waals surface area contributed by atoms with E-state index in [1.54, 1.807) is 0 Å². The highest BCUT2D eigenvalue weighted by Crippen LogP contribution is 2.36. The van der Waals surface area contributed by atoms with Crippen LogP contribution in [0, 0.1) is 0 Å². The van der Waals surface area contributed by atoms with Gasteiger partial charge in [0.25, 0.3) is 0 Å². The van der Waals surface area contributed by atoms with Crippen molar-refractivity contribution in [1.29, 1.82) is 0 Å². The molecule has 14 heavy (non-hydrogen) atoms. The average molecular weight is 278 g/mol. The number of halogens is 1. The van der Waals surface area contributed by atoms with Crippen LogP contribution in [0.3, 0.4) is 0 Å². The van der Waals surface area contributed by atoms with Gasteiger partial charge >= 0.3 is 0 Å². The number of rotatable bonds is 5. The van der Waals surface area contributed by atoms with Crippen molar-refractivity contribution in [2.75, 3.05) is 5.75 Å². The summed E-state index contributed by atoms with van der Waals surface area (Å²) in [4.78, 5) is 0. The van der Waals surface area contributed by atoms with Crippen LogP contribution in [0.1, 0.15) is 46.5 Å². The van der Waals surface area contributed by atoms with E-state index in [0.717, 1.165) is 5.75 Å². The highest BCUT2D eigenvalue weighted by atomic mass is 79.9. The standard InChI is InChI=1S/C11H20BrNS/c1-4-5-6-7-11(2,3)13-8-10(12)9-14-13/h8H,4-7,9H2,1-3H3. The van der Waals surface area contributed by atoms with Gasteiger partial charge in [-0.3, -0.25) is 0 Å². The first kappa shape index (κ1) is 12.4. The Morgan fingerprint density at radius 3 is 2.71 bits per heavy atom. The molecule has 0 fully saturated rings. The minimum absolute atomic E-state index is 0.301. The van der Waals surface area contributed by atoms with Gasteiger partial charge in [0.05, 0.1) is 0 Å². The van der Waals surface area contributed by atoms with E-state index in [4.69, 9.17) is 0 Å². The van der Waals surface area contributed by atoms with Crippen molar-refractivity contribution in [1.82, 2.24) is 4.31 Å². The van der Waals surface area contributed by atoms with E-state index in [1.807, 2.05) is 11.9 Å². The minimum atomic E-state index is 0.301. The first-order chi connectivity index (χ1) is 6.56. The summed E-state index contributed by atoms with van der Waals surface area (Å²) in [5.74, 6) is 1.09. The third kappa shape index (κ3) is 3.50. The molecule has 0 aromatic carbocycles. The fourth-order valence-corrected chi connectivity index (χ4v) is 3.23. The van der Waals surface area contributed by atoms with Gasteiger partial charge in [-0.1, -0.05) is 42.1 Å². The van der Waals surface area contributed by atoms with Crippen LogP contribution in [-0.2, 0) is 0 Å². The molecule has 0 amide bonds. The lowest BCUT2D eigenvalue weighted by molar-refractivity contribution is 0.287. The molecule has 1 heterocycles. The van der Waals surface area contributed by atoms with Gasteiger partial charge in [0.2, 0.25) is 0 Å². The molecule has 3 heteroatoms. The zero-order valence-corrected chi connectivity index (χ0v) is 11.7. The fraction of sp³-hybridized carbons (Fsp3) is 0.818. The molecular weight excluding hydrogens is 258 g/mol. The maximum absolute atomic E-state index is 3.55. The highest BCUT2D eigenvalue weighted by molar-refractivity contribution is 9.11. The van der Waals surface area contributed by atoms with Crippen molar-refractivity contribution in [3.05, 3.63) is 10.7 Å². The van der Waals surface area contributed by atoms with Crippen molar-refractivity contribution in [2.24, 2.45) is 0 Å². The van der Waals surface area contributed by atoms with Crippen LogP contribution < -0.4 is 0 Å². The molecule has 0 bridgehead atoms. The summed E-state index contributed by atoms with van der Waals surface area (Å²) < 4.78 is 3.71. The number of hydrogen-bond acceptors (Lipinski definition) is 2. The Balaban J connectivity index is 2.40.